The highest BCUT2D eigenvalue weighted by molar-refractivity contribution is 5.94. The fourth-order valence-corrected chi connectivity index (χ4v) is 2.85. The van der Waals surface area contributed by atoms with E-state index in [1.54, 1.807) is 6.07 Å². The molecule has 2 aromatic rings. The van der Waals surface area contributed by atoms with Gasteiger partial charge in [0.05, 0.1) is 0 Å². The summed E-state index contributed by atoms with van der Waals surface area (Å²) >= 11 is 0. The van der Waals surface area contributed by atoms with Crippen LogP contribution in [0.25, 0.3) is 10.8 Å². The largest absolute Gasteiger partial charge is 0.408 e. The Kier molecular flexibility index (Phi) is 2.88. The first-order chi connectivity index (χ1) is 9.07. The summed E-state index contributed by atoms with van der Waals surface area (Å²) in [7, 11) is 0. The molecule has 0 aromatic heterocycles. The lowest BCUT2D eigenvalue weighted by atomic mass is 10.1. The van der Waals surface area contributed by atoms with Gasteiger partial charge in [-0.25, -0.2) is 0 Å². The molecule has 0 radical (unpaired) electrons. The number of benzene rings is 2. The van der Waals surface area contributed by atoms with Crippen LogP contribution in [0.3, 0.4) is 0 Å². The summed E-state index contributed by atoms with van der Waals surface area (Å²) in [6.45, 7) is 0.470. The van der Waals surface area contributed by atoms with Crippen molar-refractivity contribution in [2.24, 2.45) is 0 Å². The van der Waals surface area contributed by atoms with Crippen LogP contribution in [0.1, 0.15) is 12.8 Å². The first kappa shape index (κ1) is 12.3. The van der Waals surface area contributed by atoms with Crippen molar-refractivity contribution in [3.63, 3.8) is 0 Å². The fraction of sp³-hybridized carbons (Fsp3) is 0.333. The van der Waals surface area contributed by atoms with Gasteiger partial charge in [0.2, 0.25) is 0 Å². The Bertz CT molecular complexity index is 586. The van der Waals surface area contributed by atoms with Crippen LogP contribution >= 0.6 is 0 Å². The minimum atomic E-state index is -4.16. The van der Waals surface area contributed by atoms with E-state index >= 15 is 0 Å². The summed E-state index contributed by atoms with van der Waals surface area (Å²) in [5.74, 6) is 0. The van der Waals surface area contributed by atoms with Gasteiger partial charge in [-0.3, -0.25) is 0 Å². The molecule has 0 spiro atoms. The van der Waals surface area contributed by atoms with E-state index in [9.17, 15) is 13.2 Å². The number of rotatable bonds is 1. The van der Waals surface area contributed by atoms with Crippen LogP contribution in [0.4, 0.5) is 18.9 Å². The highest BCUT2D eigenvalue weighted by Crippen LogP contribution is 2.38. The van der Waals surface area contributed by atoms with Crippen LogP contribution in [0.15, 0.2) is 42.5 Å². The molecule has 1 aliphatic heterocycles. The number of fused-ring (bicyclic) bond motifs is 1. The maximum atomic E-state index is 13.1. The minimum absolute atomic E-state index is 0.187. The van der Waals surface area contributed by atoms with Crippen LogP contribution < -0.4 is 4.90 Å². The van der Waals surface area contributed by atoms with E-state index < -0.39 is 12.2 Å². The highest BCUT2D eigenvalue weighted by Gasteiger charge is 2.46. The maximum absolute atomic E-state index is 13.1. The Morgan fingerprint density at radius 2 is 1.74 bits per heavy atom. The van der Waals surface area contributed by atoms with Crippen LogP contribution in [0, 0.1) is 0 Å². The first-order valence-electron chi connectivity index (χ1n) is 6.38. The molecular formula is C15H14F3N. The number of hydrogen-bond donors (Lipinski definition) is 0. The van der Waals surface area contributed by atoms with Crippen LogP contribution in [0.2, 0.25) is 0 Å². The lowest BCUT2D eigenvalue weighted by Crippen LogP contribution is -2.41. The highest BCUT2D eigenvalue weighted by atomic mass is 19.4. The molecule has 1 fully saturated rings. The second kappa shape index (κ2) is 4.44. The van der Waals surface area contributed by atoms with Gasteiger partial charge in [-0.1, -0.05) is 36.4 Å². The average Bonchev–Trinajstić information content (AvgIpc) is 2.87. The fourth-order valence-electron chi connectivity index (χ4n) is 2.85. The van der Waals surface area contributed by atoms with Crippen molar-refractivity contribution in [2.45, 2.75) is 25.1 Å². The molecule has 0 unspecified atom stereocenters. The molecule has 1 saturated heterocycles. The Balaban J connectivity index is 2.09. The molecule has 1 heterocycles. The smallest absolute Gasteiger partial charge is 0.359 e. The molecule has 19 heavy (non-hydrogen) atoms. The van der Waals surface area contributed by atoms with E-state index in [2.05, 4.69) is 0 Å². The van der Waals surface area contributed by atoms with Gasteiger partial charge in [-0.15, -0.1) is 0 Å². The van der Waals surface area contributed by atoms with Gasteiger partial charge >= 0.3 is 6.18 Å². The zero-order valence-electron chi connectivity index (χ0n) is 10.3. The molecule has 1 nitrogen and oxygen atoms in total. The summed E-state index contributed by atoms with van der Waals surface area (Å²) in [6, 6.07) is 11.8. The second-order valence-electron chi connectivity index (χ2n) is 4.89. The predicted octanol–water partition coefficient (Wildman–Crippen LogP) is 4.37. The maximum Gasteiger partial charge on any atom is 0.408 e. The molecule has 0 bridgehead atoms. The first-order valence-corrected chi connectivity index (χ1v) is 6.38. The number of halogens is 3. The summed E-state index contributed by atoms with van der Waals surface area (Å²) in [6.07, 6.45) is -3.38. The minimum Gasteiger partial charge on any atom is -0.359 e. The number of alkyl halides is 3. The van der Waals surface area contributed by atoms with E-state index in [4.69, 9.17) is 0 Å². The van der Waals surface area contributed by atoms with Crippen molar-refractivity contribution in [3.05, 3.63) is 42.5 Å². The lowest BCUT2D eigenvalue weighted by molar-refractivity contribution is -0.145. The van der Waals surface area contributed by atoms with Gasteiger partial charge in [-0.2, -0.15) is 13.2 Å². The monoisotopic (exact) mass is 265 g/mol. The predicted molar refractivity (Wildman–Crippen MR) is 70.4 cm³/mol. The van der Waals surface area contributed by atoms with Crippen molar-refractivity contribution in [2.75, 3.05) is 11.4 Å². The van der Waals surface area contributed by atoms with E-state index in [0.717, 1.165) is 10.8 Å². The van der Waals surface area contributed by atoms with E-state index in [1.807, 2.05) is 36.4 Å². The van der Waals surface area contributed by atoms with Gasteiger partial charge in [0.25, 0.3) is 0 Å². The van der Waals surface area contributed by atoms with Crippen LogP contribution in [-0.2, 0) is 0 Å². The lowest BCUT2D eigenvalue weighted by Gasteiger charge is -2.29. The van der Waals surface area contributed by atoms with Crippen molar-refractivity contribution in [1.29, 1.82) is 0 Å². The second-order valence-corrected chi connectivity index (χ2v) is 4.89. The molecule has 0 saturated carbocycles. The van der Waals surface area contributed by atoms with Crippen molar-refractivity contribution >= 4 is 16.5 Å². The average molecular weight is 265 g/mol. The zero-order valence-corrected chi connectivity index (χ0v) is 10.3. The van der Waals surface area contributed by atoms with Gasteiger partial charge in [0, 0.05) is 17.6 Å². The Labute approximate surface area is 109 Å². The summed E-state index contributed by atoms with van der Waals surface area (Å²) in [4.78, 5) is 1.50. The third kappa shape index (κ3) is 2.15. The molecule has 1 atom stereocenters. The van der Waals surface area contributed by atoms with Crippen molar-refractivity contribution in [3.8, 4) is 0 Å². The third-order valence-electron chi connectivity index (χ3n) is 3.71. The quantitative estimate of drug-likeness (QED) is 0.740. The van der Waals surface area contributed by atoms with Crippen LogP contribution in [0.5, 0.6) is 0 Å². The Hall–Kier alpha value is -1.71. The third-order valence-corrected chi connectivity index (χ3v) is 3.71. The molecule has 0 aliphatic carbocycles. The SMILES string of the molecule is FC(F)(F)[C@H]1CCCN1c1cccc2ccccc12. The van der Waals surface area contributed by atoms with Crippen molar-refractivity contribution in [1.82, 2.24) is 0 Å². The Morgan fingerprint density at radius 3 is 2.53 bits per heavy atom. The zero-order chi connectivity index (χ0) is 13.5. The number of hydrogen-bond acceptors (Lipinski definition) is 1. The topological polar surface area (TPSA) is 3.24 Å². The number of nitrogens with zero attached hydrogens (tertiary/aromatic N) is 1. The normalized spacial score (nSPS) is 20.2. The van der Waals surface area contributed by atoms with Gasteiger partial charge in [-0.05, 0) is 24.3 Å². The van der Waals surface area contributed by atoms with Crippen molar-refractivity contribution < 1.29 is 13.2 Å². The molecule has 0 N–H and O–H groups in total. The van der Waals surface area contributed by atoms with E-state index in [1.165, 1.54) is 4.90 Å². The molecule has 2 aromatic carbocycles. The molecule has 1 aliphatic rings. The van der Waals surface area contributed by atoms with Gasteiger partial charge in [0.15, 0.2) is 0 Å². The standard InChI is InChI=1S/C15H14F3N/c16-15(17,18)14-9-4-10-19(14)13-8-3-6-11-5-1-2-7-12(11)13/h1-3,5-8,14H,4,9-10H2/t14-/m1/s1. The van der Waals surface area contributed by atoms with Gasteiger partial charge in [0.1, 0.15) is 6.04 Å². The molecule has 0 amide bonds. The van der Waals surface area contributed by atoms with E-state index in [0.29, 0.717) is 18.7 Å². The summed E-state index contributed by atoms with van der Waals surface area (Å²) < 4.78 is 39.2. The van der Waals surface area contributed by atoms with Crippen LogP contribution in [-0.4, -0.2) is 18.8 Å². The van der Waals surface area contributed by atoms with Gasteiger partial charge < -0.3 is 4.90 Å². The molecule has 100 valence electrons. The molecule has 4 heteroatoms. The molecular weight excluding hydrogens is 251 g/mol. The summed E-state index contributed by atoms with van der Waals surface area (Å²) in [5.41, 5.74) is 0.693. The summed E-state index contributed by atoms with van der Waals surface area (Å²) in [5, 5.41) is 1.87. The number of anilines is 1. The Morgan fingerprint density at radius 1 is 1.00 bits per heavy atom. The van der Waals surface area contributed by atoms with E-state index in [-0.39, 0.29) is 6.42 Å². The molecule has 3 rings (SSSR count).